The van der Waals surface area contributed by atoms with Crippen LogP contribution in [0.25, 0.3) is 0 Å². The topological polar surface area (TPSA) is 83.4 Å². The molecule has 4 rings (SSSR count). The molecule has 2 N–H and O–H groups in total. The number of benzene rings is 1. The predicted molar refractivity (Wildman–Crippen MR) is 93.2 cm³/mol. The number of nitrogens with zero attached hydrogens (tertiary/aromatic N) is 2. The lowest BCUT2D eigenvalue weighted by atomic mass is 9.84. The Hall–Kier alpha value is -1.79. The molecule has 0 unspecified atom stereocenters. The molecule has 6 nitrogen and oxygen atoms in total. The van der Waals surface area contributed by atoms with Gasteiger partial charge in [-0.2, -0.15) is 4.98 Å². The summed E-state index contributed by atoms with van der Waals surface area (Å²) in [5, 5.41) is 4.66. The Morgan fingerprint density at radius 3 is 2.76 bits per heavy atom. The first-order valence-electron chi connectivity index (χ1n) is 8.82. The van der Waals surface area contributed by atoms with E-state index in [0.717, 1.165) is 37.7 Å². The van der Waals surface area contributed by atoms with E-state index in [0.29, 0.717) is 59.8 Å². The molecule has 0 amide bonds. The van der Waals surface area contributed by atoms with Gasteiger partial charge in [-0.3, -0.25) is 0 Å². The van der Waals surface area contributed by atoms with Crippen LogP contribution < -0.4 is 15.2 Å². The number of hydrogen-bond acceptors (Lipinski definition) is 6. The van der Waals surface area contributed by atoms with Crippen molar-refractivity contribution >= 4 is 11.6 Å². The molecule has 1 aliphatic carbocycles. The van der Waals surface area contributed by atoms with E-state index in [-0.39, 0.29) is 0 Å². The Labute approximate surface area is 151 Å². The number of nitrogens with two attached hydrogens (primary N) is 1. The minimum absolute atomic E-state index is 0.356. The fourth-order valence-electron chi connectivity index (χ4n) is 3.53. The van der Waals surface area contributed by atoms with Gasteiger partial charge in [0.2, 0.25) is 5.89 Å². The molecular formula is C18H22ClN3O3. The maximum Gasteiger partial charge on any atom is 0.226 e. The summed E-state index contributed by atoms with van der Waals surface area (Å²) in [5.74, 6) is 3.25. The van der Waals surface area contributed by atoms with Gasteiger partial charge in [0.25, 0.3) is 0 Å². The van der Waals surface area contributed by atoms with Crippen LogP contribution in [0.15, 0.2) is 16.7 Å². The van der Waals surface area contributed by atoms with Gasteiger partial charge in [0.1, 0.15) is 13.2 Å². The van der Waals surface area contributed by atoms with Gasteiger partial charge in [-0.1, -0.05) is 16.8 Å². The van der Waals surface area contributed by atoms with Crippen molar-refractivity contribution in [1.82, 2.24) is 10.1 Å². The number of ether oxygens (including phenoxy) is 2. The molecule has 1 saturated carbocycles. The Kier molecular flexibility index (Phi) is 4.81. The molecule has 134 valence electrons. The Bertz CT molecular complexity index is 741. The molecule has 0 radical (unpaired) electrons. The fourth-order valence-corrected chi connectivity index (χ4v) is 3.82. The lowest BCUT2D eigenvalue weighted by Gasteiger charge is -2.24. The molecule has 0 bridgehead atoms. The molecule has 7 heteroatoms. The summed E-state index contributed by atoms with van der Waals surface area (Å²) < 4.78 is 16.6. The van der Waals surface area contributed by atoms with Gasteiger partial charge in [0, 0.05) is 18.9 Å². The molecule has 1 aromatic heterocycles. The molecule has 0 atom stereocenters. The Morgan fingerprint density at radius 2 is 1.92 bits per heavy atom. The zero-order valence-electron chi connectivity index (χ0n) is 14.0. The lowest BCUT2D eigenvalue weighted by Crippen LogP contribution is -2.27. The van der Waals surface area contributed by atoms with Gasteiger partial charge < -0.3 is 19.7 Å². The van der Waals surface area contributed by atoms with Crippen molar-refractivity contribution in [2.45, 2.75) is 44.6 Å². The maximum absolute atomic E-state index is 6.28. The van der Waals surface area contributed by atoms with Crippen LogP contribution in [-0.2, 0) is 12.8 Å². The third kappa shape index (κ3) is 3.90. The van der Waals surface area contributed by atoms with E-state index in [2.05, 4.69) is 10.1 Å². The third-order valence-electron chi connectivity index (χ3n) is 4.88. The molecule has 1 aromatic carbocycles. The highest BCUT2D eigenvalue weighted by molar-refractivity contribution is 6.32. The Balaban J connectivity index is 1.42. The largest absolute Gasteiger partial charge is 0.486 e. The standard InChI is InChI=1S/C18H22ClN3O3/c19-14-7-12(8-15-18(14)24-6-5-23-15)9-16-21-17(25-22-16)10-11-1-3-13(20)4-2-11/h7-8,11,13H,1-6,9-10,20H2. The average Bonchev–Trinajstić information content (AvgIpc) is 3.04. The predicted octanol–water partition coefficient (Wildman–Crippen LogP) is 3.15. The van der Waals surface area contributed by atoms with Crippen molar-refractivity contribution in [2.75, 3.05) is 13.2 Å². The number of hydrogen-bond donors (Lipinski definition) is 1. The van der Waals surface area contributed by atoms with Crippen LogP contribution in [0.4, 0.5) is 0 Å². The first-order valence-corrected chi connectivity index (χ1v) is 9.20. The van der Waals surface area contributed by atoms with Gasteiger partial charge in [0.05, 0.1) is 5.02 Å². The van der Waals surface area contributed by atoms with Crippen molar-refractivity contribution in [1.29, 1.82) is 0 Å². The third-order valence-corrected chi connectivity index (χ3v) is 5.16. The highest BCUT2D eigenvalue weighted by Gasteiger charge is 2.22. The van der Waals surface area contributed by atoms with E-state index < -0.39 is 0 Å². The van der Waals surface area contributed by atoms with Gasteiger partial charge in [-0.25, -0.2) is 0 Å². The zero-order chi connectivity index (χ0) is 17.2. The van der Waals surface area contributed by atoms with Gasteiger partial charge in [0.15, 0.2) is 17.3 Å². The fraction of sp³-hybridized carbons (Fsp3) is 0.556. The number of halogens is 1. The summed E-state index contributed by atoms with van der Waals surface area (Å²) in [6.07, 6.45) is 5.83. The lowest BCUT2D eigenvalue weighted by molar-refractivity contribution is 0.171. The van der Waals surface area contributed by atoms with Crippen molar-refractivity contribution in [3.63, 3.8) is 0 Å². The average molecular weight is 364 g/mol. The van der Waals surface area contributed by atoms with E-state index in [1.807, 2.05) is 12.1 Å². The van der Waals surface area contributed by atoms with Crippen LogP contribution in [0.2, 0.25) is 5.02 Å². The summed E-state index contributed by atoms with van der Waals surface area (Å²) in [4.78, 5) is 4.54. The summed E-state index contributed by atoms with van der Waals surface area (Å²) in [7, 11) is 0. The number of rotatable bonds is 4. The molecule has 0 saturated heterocycles. The number of fused-ring (bicyclic) bond motifs is 1. The smallest absolute Gasteiger partial charge is 0.226 e. The second kappa shape index (κ2) is 7.22. The minimum atomic E-state index is 0.356. The van der Waals surface area contributed by atoms with Gasteiger partial charge in [-0.15, -0.1) is 0 Å². The van der Waals surface area contributed by atoms with Gasteiger partial charge in [-0.05, 0) is 49.3 Å². The molecule has 1 fully saturated rings. The molecule has 1 aliphatic heterocycles. The molecule has 2 aromatic rings. The van der Waals surface area contributed by atoms with E-state index in [4.69, 9.17) is 31.3 Å². The second-order valence-electron chi connectivity index (χ2n) is 6.87. The molecule has 2 aliphatic rings. The monoisotopic (exact) mass is 363 g/mol. The highest BCUT2D eigenvalue weighted by atomic mass is 35.5. The molecule has 25 heavy (non-hydrogen) atoms. The van der Waals surface area contributed by atoms with Crippen LogP contribution in [0, 0.1) is 5.92 Å². The number of aromatic nitrogens is 2. The van der Waals surface area contributed by atoms with E-state index >= 15 is 0 Å². The molecule has 0 spiro atoms. The van der Waals surface area contributed by atoms with Crippen LogP contribution >= 0.6 is 11.6 Å². The van der Waals surface area contributed by atoms with Crippen LogP contribution in [0.5, 0.6) is 11.5 Å². The zero-order valence-corrected chi connectivity index (χ0v) is 14.8. The summed E-state index contributed by atoms with van der Waals surface area (Å²) in [6.45, 7) is 1.05. The minimum Gasteiger partial charge on any atom is -0.486 e. The van der Waals surface area contributed by atoms with E-state index in [1.165, 1.54) is 0 Å². The molecule has 2 heterocycles. The van der Waals surface area contributed by atoms with Crippen molar-refractivity contribution in [3.8, 4) is 11.5 Å². The SMILES string of the molecule is NC1CCC(Cc2nc(Cc3cc(Cl)c4c(c3)OCCO4)no2)CC1. The van der Waals surface area contributed by atoms with Crippen molar-refractivity contribution in [2.24, 2.45) is 11.7 Å². The molecular weight excluding hydrogens is 342 g/mol. The maximum atomic E-state index is 6.28. The van der Waals surface area contributed by atoms with Gasteiger partial charge >= 0.3 is 0 Å². The quantitative estimate of drug-likeness (QED) is 0.898. The second-order valence-corrected chi connectivity index (χ2v) is 7.28. The van der Waals surface area contributed by atoms with Crippen LogP contribution in [0.3, 0.4) is 0 Å². The van der Waals surface area contributed by atoms with Crippen LogP contribution in [-0.4, -0.2) is 29.4 Å². The summed E-state index contributed by atoms with van der Waals surface area (Å²) in [5.41, 5.74) is 6.94. The Morgan fingerprint density at radius 1 is 1.12 bits per heavy atom. The van der Waals surface area contributed by atoms with E-state index in [1.54, 1.807) is 0 Å². The first kappa shape index (κ1) is 16.7. The van der Waals surface area contributed by atoms with Crippen molar-refractivity contribution in [3.05, 3.63) is 34.4 Å². The summed E-state index contributed by atoms with van der Waals surface area (Å²) in [6, 6.07) is 4.15. The van der Waals surface area contributed by atoms with Crippen LogP contribution in [0.1, 0.15) is 43.0 Å². The van der Waals surface area contributed by atoms with Crippen molar-refractivity contribution < 1.29 is 14.0 Å². The summed E-state index contributed by atoms with van der Waals surface area (Å²) >= 11 is 6.28. The van der Waals surface area contributed by atoms with E-state index in [9.17, 15) is 0 Å². The normalized spacial score (nSPS) is 22.8. The highest BCUT2D eigenvalue weighted by Crippen LogP contribution is 2.38. The first-order chi connectivity index (χ1) is 12.2.